The van der Waals surface area contributed by atoms with Crippen LogP contribution in [0.1, 0.15) is 37.9 Å². The van der Waals surface area contributed by atoms with Crippen molar-refractivity contribution in [2.75, 3.05) is 25.0 Å². The molecule has 0 amide bonds. The number of rotatable bonds is 2. The molecule has 3 nitrogen and oxygen atoms in total. The van der Waals surface area contributed by atoms with Gasteiger partial charge in [-0.15, -0.1) is 0 Å². The molecule has 2 rings (SSSR count). The number of pyridine rings is 1. The molecule has 0 unspecified atom stereocenters. The van der Waals surface area contributed by atoms with Gasteiger partial charge in [0.2, 0.25) is 0 Å². The molecule has 0 spiro atoms. The van der Waals surface area contributed by atoms with E-state index in [1.807, 2.05) is 25.8 Å². The number of nitrogens with one attached hydrogen (secondary N) is 1. The summed E-state index contributed by atoms with van der Waals surface area (Å²) in [4.78, 5) is 5.59. The molecule has 1 aromatic heterocycles. The second-order valence-corrected chi connectivity index (χ2v) is 4.57. The zero-order valence-corrected chi connectivity index (χ0v) is 13.8. The van der Waals surface area contributed by atoms with Crippen LogP contribution in [0.5, 0.6) is 0 Å². The molecule has 1 saturated heterocycles. The molecular weight excluding hydrogens is 291 g/mol. The molecule has 126 valence electrons. The van der Waals surface area contributed by atoms with Crippen LogP contribution >= 0.6 is 0 Å². The fourth-order valence-electron chi connectivity index (χ4n) is 1.90. The van der Waals surface area contributed by atoms with Crippen LogP contribution in [-0.2, 0) is 6.18 Å². The zero-order valence-electron chi connectivity index (χ0n) is 13.8. The number of anilines is 1. The van der Waals surface area contributed by atoms with E-state index in [1.54, 1.807) is 19.2 Å². The van der Waals surface area contributed by atoms with Crippen LogP contribution in [-0.4, -0.2) is 25.1 Å². The first-order valence-corrected chi connectivity index (χ1v) is 7.47. The normalized spacial score (nSPS) is 13.5. The Bertz CT molecular complexity index is 439. The van der Waals surface area contributed by atoms with Crippen molar-refractivity contribution in [3.8, 4) is 0 Å². The topological polar surface area (TPSA) is 28.2 Å². The maximum absolute atomic E-state index is 12.6. The van der Waals surface area contributed by atoms with Gasteiger partial charge in [0, 0.05) is 20.1 Å². The quantitative estimate of drug-likeness (QED) is 0.877. The van der Waals surface area contributed by atoms with E-state index in [4.69, 9.17) is 0 Å². The van der Waals surface area contributed by atoms with Crippen molar-refractivity contribution in [1.82, 2.24) is 10.3 Å². The van der Waals surface area contributed by atoms with Gasteiger partial charge >= 0.3 is 6.18 Å². The summed E-state index contributed by atoms with van der Waals surface area (Å²) < 4.78 is 37.7. The third-order valence-electron chi connectivity index (χ3n) is 2.88. The van der Waals surface area contributed by atoms with Gasteiger partial charge in [0.25, 0.3) is 0 Å². The average Bonchev–Trinajstić information content (AvgIpc) is 3.02. The third-order valence-corrected chi connectivity index (χ3v) is 2.88. The van der Waals surface area contributed by atoms with Gasteiger partial charge in [-0.05, 0) is 43.7 Å². The lowest BCUT2D eigenvalue weighted by atomic mass is 10.2. The number of aryl methyl sites for hydroxylation is 1. The summed E-state index contributed by atoms with van der Waals surface area (Å²) in [6.07, 6.45) is -0.686. The summed E-state index contributed by atoms with van der Waals surface area (Å²) >= 11 is 0. The summed E-state index contributed by atoms with van der Waals surface area (Å²) in [6, 6.07) is 2.79. The first kappa shape index (κ1) is 20.3. The Morgan fingerprint density at radius 2 is 1.73 bits per heavy atom. The molecule has 1 fully saturated rings. The predicted molar refractivity (Wildman–Crippen MR) is 86.0 cm³/mol. The van der Waals surface area contributed by atoms with Crippen LogP contribution in [0, 0.1) is 6.92 Å². The summed E-state index contributed by atoms with van der Waals surface area (Å²) in [6.45, 7) is 10.6. The molecule has 6 heteroatoms. The van der Waals surface area contributed by atoms with Crippen LogP contribution in [0.2, 0.25) is 0 Å². The molecule has 22 heavy (non-hydrogen) atoms. The van der Waals surface area contributed by atoms with Crippen LogP contribution in [0.3, 0.4) is 0 Å². The SMILES string of the molecule is C=CNC.CC.Cc1cc(N2CCCC2)nc(C(F)(F)F)c1. The minimum atomic E-state index is -4.36. The maximum Gasteiger partial charge on any atom is 0.433 e. The largest absolute Gasteiger partial charge is 0.433 e. The van der Waals surface area contributed by atoms with Crippen molar-refractivity contribution in [2.24, 2.45) is 0 Å². The molecule has 0 atom stereocenters. The number of alkyl halides is 3. The Labute approximate surface area is 131 Å². The van der Waals surface area contributed by atoms with E-state index in [0.29, 0.717) is 11.4 Å². The van der Waals surface area contributed by atoms with Crippen LogP contribution < -0.4 is 10.2 Å². The van der Waals surface area contributed by atoms with Gasteiger partial charge in [-0.3, -0.25) is 0 Å². The summed E-state index contributed by atoms with van der Waals surface area (Å²) in [7, 11) is 1.81. The smallest absolute Gasteiger partial charge is 0.394 e. The Balaban J connectivity index is 0.000000640. The molecule has 0 aromatic carbocycles. The lowest BCUT2D eigenvalue weighted by molar-refractivity contribution is -0.141. The summed E-state index contributed by atoms with van der Waals surface area (Å²) in [5.41, 5.74) is -0.196. The minimum absolute atomic E-state index is 0.449. The Hall–Kier alpha value is -1.72. The highest BCUT2D eigenvalue weighted by molar-refractivity contribution is 5.43. The minimum Gasteiger partial charge on any atom is -0.394 e. The van der Waals surface area contributed by atoms with Crippen molar-refractivity contribution in [3.63, 3.8) is 0 Å². The van der Waals surface area contributed by atoms with E-state index in [1.165, 1.54) is 0 Å². The fraction of sp³-hybridized carbons (Fsp3) is 0.562. The molecule has 1 N–H and O–H groups in total. The molecule has 0 bridgehead atoms. The Morgan fingerprint density at radius 1 is 1.23 bits per heavy atom. The highest BCUT2D eigenvalue weighted by atomic mass is 19.4. The van der Waals surface area contributed by atoms with Gasteiger partial charge in [0.15, 0.2) is 0 Å². The molecule has 0 saturated carbocycles. The molecule has 1 aliphatic rings. The van der Waals surface area contributed by atoms with Crippen molar-refractivity contribution in [3.05, 3.63) is 36.2 Å². The Morgan fingerprint density at radius 3 is 2.14 bits per heavy atom. The van der Waals surface area contributed by atoms with Crippen molar-refractivity contribution in [2.45, 2.75) is 39.8 Å². The van der Waals surface area contributed by atoms with Crippen molar-refractivity contribution in [1.29, 1.82) is 0 Å². The van der Waals surface area contributed by atoms with E-state index in [0.717, 1.165) is 32.0 Å². The van der Waals surface area contributed by atoms with Gasteiger partial charge in [-0.25, -0.2) is 4.98 Å². The maximum atomic E-state index is 12.6. The lowest BCUT2D eigenvalue weighted by Gasteiger charge is -2.18. The summed E-state index contributed by atoms with van der Waals surface area (Å²) in [5, 5.41) is 2.69. The number of hydrogen-bond donors (Lipinski definition) is 1. The van der Waals surface area contributed by atoms with E-state index in [2.05, 4.69) is 16.9 Å². The second-order valence-electron chi connectivity index (χ2n) is 4.57. The molecule has 0 aliphatic carbocycles. The van der Waals surface area contributed by atoms with Gasteiger partial charge in [-0.1, -0.05) is 20.4 Å². The van der Waals surface area contributed by atoms with E-state index in [-0.39, 0.29) is 0 Å². The van der Waals surface area contributed by atoms with Crippen molar-refractivity contribution >= 4 is 5.82 Å². The number of hydrogen-bond acceptors (Lipinski definition) is 3. The lowest BCUT2D eigenvalue weighted by Crippen LogP contribution is -2.21. The van der Waals surface area contributed by atoms with Crippen LogP contribution in [0.4, 0.5) is 19.0 Å². The first-order valence-electron chi connectivity index (χ1n) is 7.47. The molecular formula is C16H26F3N3. The molecule has 2 heterocycles. The average molecular weight is 317 g/mol. The fourth-order valence-corrected chi connectivity index (χ4v) is 1.90. The molecule has 1 aromatic rings. The second kappa shape index (κ2) is 10.1. The van der Waals surface area contributed by atoms with Crippen LogP contribution in [0.25, 0.3) is 0 Å². The zero-order chi connectivity index (χ0) is 17.2. The summed E-state index contributed by atoms with van der Waals surface area (Å²) in [5.74, 6) is 0.449. The standard InChI is InChI=1S/C11H13F3N2.C3H7N.C2H6/c1-8-6-9(11(12,13)14)15-10(7-8)16-4-2-3-5-16;1-3-4-2;1-2/h6-7H,2-5H2,1H3;3-4H,1H2,2H3;1-2H3. The monoisotopic (exact) mass is 317 g/mol. The van der Waals surface area contributed by atoms with E-state index in [9.17, 15) is 13.2 Å². The van der Waals surface area contributed by atoms with Gasteiger partial charge < -0.3 is 10.2 Å². The molecule has 0 radical (unpaired) electrons. The van der Waals surface area contributed by atoms with Gasteiger partial charge in [0.1, 0.15) is 11.5 Å². The van der Waals surface area contributed by atoms with Gasteiger partial charge in [-0.2, -0.15) is 13.2 Å². The number of nitrogens with zero attached hydrogens (tertiary/aromatic N) is 2. The molecule has 1 aliphatic heterocycles. The van der Waals surface area contributed by atoms with Gasteiger partial charge in [0.05, 0.1) is 0 Å². The van der Waals surface area contributed by atoms with E-state index < -0.39 is 11.9 Å². The Kier molecular flexibility index (Phi) is 9.29. The first-order chi connectivity index (χ1) is 10.4. The highest BCUT2D eigenvalue weighted by Crippen LogP contribution is 2.30. The predicted octanol–water partition coefficient (Wildman–Crippen LogP) is 4.38. The number of aromatic nitrogens is 1. The third kappa shape index (κ3) is 6.83. The van der Waals surface area contributed by atoms with E-state index >= 15 is 0 Å². The van der Waals surface area contributed by atoms with Crippen molar-refractivity contribution < 1.29 is 13.2 Å². The highest BCUT2D eigenvalue weighted by Gasteiger charge is 2.33. The van der Waals surface area contributed by atoms with Crippen LogP contribution in [0.15, 0.2) is 24.9 Å². The number of halogens is 3.